The Bertz CT molecular complexity index is 1490. The van der Waals surface area contributed by atoms with Crippen molar-refractivity contribution in [2.45, 2.75) is 69.3 Å². The van der Waals surface area contributed by atoms with Crippen molar-refractivity contribution in [3.8, 4) is 5.75 Å². The van der Waals surface area contributed by atoms with E-state index < -0.39 is 88.5 Å². The highest BCUT2D eigenvalue weighted by atomic mass is 19.4. The first-order valence-electron chi connectivity index (χ1n) is 13.2. The summed E-state index contributed by atoms with van der Waals surface area (Å²) in [5, 5.41) is 1.70. The van der Waals surface area contributed by atoms with Gasteiger partial charge in [0, 0.05) is 5.56 Å². The summed E-state index contributed by atoms with van der Waals surface area (Å²) >= 11 is 0. The van der Waals surface area contributed by atoms with Crippen LogP contribution in [0.1, 0.15) is 42.1 Å². The Labute approximate surface area is 254 Å². The van der Waals surface area contributed by atoms with Gasteiger partial charge in [0.2, 0.25) is 0 Å². The van der Waals surface area contributed by atoms with E-state index in [0.29, 0.717) is 12.1 Å². The second-order valence-corrected chi connectivity index (χ2v) is 10.4. The molecule has 2 unspecified atom stereocenters. The van der Waals surface area contributed by atoms with E-state index in [1.807, 2.05) is 18.2 Å². The normalized spacial score (nSPS) is 16.8. The summed E-state index contributed by atoms with van der Waals surface area (Å²) in [4.78, 5) is 12.6. The summed E-state index contributed by atoms with van der Waals surface area (Å²) in [7, 11) is 0. The molecule has 3 aromatic carbocycles. The van der Waals surface area contributed by atoms with Gasteiger partial charge in [-0.05, 0) is 62.2 Å². The molecule has 1 aliphatic rings. The lowest BCUT2D eigenvalue weighted by molar-refractivity contribution is -0.292. The molecule has 0 radical (unpaired) electrons. The van der Waals surface area contributed by atoms with Crippen molar-refractivity contribution in [3.63, 3.8) is 0 Å². The molecular formula is C30H25F12NO3. The number of ether oxygens (including phenoxy) is 2. The summed E-state index contributed by atoms with van der Waals surface area (Å²) in [5.74, 6) is -10.1. The number of carbonyl (C=O) groups is 1. The van der Waals surface area contributed by atoms with E-state index in [2.05, 4.69) is 23.8 Å². The molecule has 1 amide bonds. The lowest BCUT2D eigenvalue weighted by Crippen LogP contribution is -2.51. The van der Waals surface area contributed by atoms with Crippen LogP contribution in [0.25, 0.3) is 0 Å². The van der Waals surface area contributed by atoms with E-state index in [0.717, 1.165) is 12.1 Å². The predicted octanol–water partition coefficient (Wildman–Crippen LogP) is 8.57. The number of hydrogen-bond donors (Lipinski definition) is 1. The molecular weight excluding hydrogens is 650 g/mol. The second-order valence-electron chi connectivity index (χ2n) is 10.4. The van der Waals surface area contributed by atoms with Crippen LogP contribution in [-0.4, -0.2) is 42.5 Å². The Morgan fingerprint density at radius 1 is 0.848 bits per heavy atom. The molecule has 1 aliphatic heterocycles. The maximum absolute atomic E-state index is 14.3. The largest absolute Gasteiger partial charge is 0.488 e. The quantitative estimate of drug-likeness (QED) is 0.192. The summed E-state index contributed by atoms with van der Waals surface area (Å²) in [6.45, 7) is 4.99. The van der Waals surface area contributed by atoms with Gasteiger partial charge >= 0.3 is 24.7 Å². The van der Waals surface area contributed by atoms with Crippen molar-refractivity contribution in [1.29, 1.82) is 0 Å². The first-order chi connectivity index (χ1) is 21.1. The third-order valence-corrected chi connectivity index (χ3v) is 6.49. The Morgan fingerprint density at radius 2 is 1.43 bits per heavy atom. The van der Waals surface area contributed by atoms with Gasteiger partial charge in [0.15, 0.2) is 17.7 Å². The highest BCUT2D eigenvalue weighted by molar-refractivity contribution is 5.86. The Balaban J connectivity index is 0.000000724. The van der Waals surface area contributed by atoms with E-state index in [4.69, 9.17) is 4.74 Å². The summed E-state index contributed by atoms with van der Waals surface area (Å²) in [5.41, 5.74) is -6.38. The van der Waals surface area contributed by atoms with Gasteiger partial charge in [-0.1, -0.05) is 42.0 Å². The van der Waals surface area contributed by atoms with Crippen LogP contribution >= 0.6 is 0 Å². The minimum absolute atomic E-state index is 0.0227. The van der Waals surface area contributed by atoms with E-state index in [-0.39, 0.29) is 12.1 Å². The molecule has 16 heteroatoms. The fraction of sp³-hybridized carbons (Fsp3) is 0.367. The zero-order valence-corrected chi connectivity index (χ0v) is 23.9. The van der Waals surface area contributed by atoms with E-state index in [9.17, 15) is 57.5 Å². The van der Waals surface area contributed by atoms with Gasteiger partial charge in [-0.3, -0.25) is 4.79 Å². The molecule has 4 rings (SSSR count). The zero-order chi connectivity index (χ0) is 34.8. The highest BCUT2D eigenvalue weighted by Crippen LogP contribution is 2.59. The number of carbonyl (C=O) groups excluding carboxylic acids is 1. The van der Waals surface area contributed by atoms with Gasteiger partial charge in [0.25, 0.3) is 11.5 Å². The van der Waals surface area contributed by atoms with Gasteiger partial charge in [-0.25, -0.2) is 17.6 Å². The van der Waals surface area contributed by atoms with Crippen molar-refractivity contribution >= 4 is 5.91 Å². The van der Waals surface area contributed by atoms with E-state index in [1.165, 1.54) is 19.4 Å². The Morgan fingerprint density at radius 3 is 1.89 bits per heavy atom. The van der Waals surface area contributed by atoms with Gasteiger partial charge in [-0.15, -0.1) is 0 Å². The fourth-order valence-corrected chi connectivity index (χ4v) is 4.23. The number of amides is 1. The van der Waals surface area contributed by atoms with Gasteiger partial charge in [-0.2, -0.15) is 35.1 Å². The molecule has 4 nitrogen and oxygen atoms in total. The molecule has 3 aromatic rings. The molecule has 1 heterocycles. The first kappa shape index (κ1) is 36.5. The molecule has 0 bridgehead atoms. The molecule has 0 aliphatic carbocycles. The van der Waals surface area contributed by atoms with Gasteiger partial charge in [0.1, 0.15) is 5.82 Å². The Hall–Kier alpha value is -3.95. The lowest BCUT2D eigenvalue weighted by atomic mass is 9.94. The van der Waals surface area contributed by atoms with Crippen molar-refractivity contribution in [2.24, 2.45) is 0 Å². The van der Waals surface area contributed by atoms with Crippen LogP contribution in [0, 0.1) is 18.6 Å². The monoisotopic (exact) mass is 675 g/mol. The smallest absolute Gasteiger partial charge is 0.429 e. The second kappa shape index (κ2) is 13.4. The predicted molar refractivity (Wildman–Crippen MR) is 139 cm³/mol. The molecule has 1 saturated heterocycles. The summed E-state index contributed by atoms with van der Waals surface area (Å²) in [6.07, 6.45) is -20.4. The first-order valence-corrected chi connectivity index (χ1v) is 13.2. The van der Waals surface area contributed by atoms with Gasteiger partial charge in [0.05, 0.1) is 12.1 Å². The number of epoxide rings is 1. The molecule has 1 fully saturated rings. The van der Waals surface area contributed by atoms with E-state index in [1.54, 1.807) is 5.32 Å². The van der Waals surface area contributed by atoms with Crippen LogP contribution in [-0.2, 0) is 15.5 Å². The topological polar surface area (TPSA) is 50.9 Å². The van der Waals surface area contributed by atoms with Crippen molar-refractivity contribution in [3.05, 3.63) is 101 Å². The number of hydrogen-bond acceptors (Lipinski definition) is 3. The third kappa shape index (κ3) is 7.88. The van der Waals surface area contributed by atoms with Crippen LogP contribution in [0.15, 0.2) is 66.7 Å². The van der Waals surface area contributed by atoms with Crippen LogP contribution in [0.3, 0.4) is 0 Å². The minimum atomic E-state index is -6.11. The van der Waals surface area contributed by atoms with Crippen LogP contribution in [0.2, 0.25) is 0 Å². The average molecular weight is 676 g/mol. The molecule has 2 atom stereocenters. The number of benzene rings is 3. The molecule has 0 spiro atoms. The maximum atomic E-state index is 14.3. The number of nitrogens with one attached hydrogen (secondary N) is 1. The number of aryl methyl sites for hydroxylation is 1. The maximum Gasteiger partial charge on any atom is 0.429 e. The van der Waals surface area contributed by atoms with Crippen LogP contribution in [0.4, 0.5) is 52.7 Å². The third-order valence-electron chi connectivity index (χ3n) is 6.49. The van der Waals surface area contributed by atoms with E-state index >= 15 is 0 Å². The fourth-order valence-electron chi connectivity index (χ4n) is 4.23. The molecule has 0 aromatic heterocycles. The molecule has 1 N–H and O–H groups in total. The van der Waals surface area contributed by atoms with Crippen LogP contribution in [0.5, 0.6) is 5.75 Å². The lowest BCUT2D eigenvalue weighted by Gasteiger charge is -2.24. The average Bonchev–Trinajstić information content (AvgIpc) is 3.72. The number of alkyl halides is 10. The minimum Gasteiger partial charge on any atom is -0.488 e. The van der Waals surface area contributed by atoms with Crippen LogP contribution < -0.4 is 10.1 Å². The summed E-state index contributed by atoms with van der Waals surface area (Å²) < 4.78 is 171. The highest BCUT2D eigenvalue weighted by Gasteiger charge is 2.88. The van der Waals surface area contributed by atoms with Crippen molar-refractivity contribution in [2.75, 3.05) is 0 Å². The SMILES string of the molecule is CC(C)Oc1cc(C(NC(=O)C2OC2(C(F)(F)F)C(F)(F)F)c2cc(F)cc(C(F)(F)C(F)F)c2)ccc1F.Cc1ccccc1. The van der Waals surface area contributed by atoms with Crippen molar-refractivity contribution in [1.82, 2.24) is 5.32 Å². The zero-order valence-electron chi connectivity index (χ0n) is 23.9. The standard InChI is InChI=1S/C23H17F12NO3.C7H8/c1-9(2)38-15-7-10(3-4-14(15)25)16(11-5-12(8-13(24)6-11)20(28,29)19(26)27)36-18(37)17-21(39-17,22(30,31)32)23(33,34)35;1-7-5-3-2-4-6-7/h3-9,16-17,19H,1-2H3,(H,36,37);2-6H,1H3. The van der Waals surface area contributed by atoms with Crippen molar-refractivity contribution < 1.29 is 67.0 Å². The Kier molecular flexibility index (Phi) is 10.7. The van der Waals surface area contributed by atoms with Gasteiger partial charge < -0.3 is 14.8 Å². The molecule has 252 valence electrons. The summed E-state index contributed by atoms with van der Waals surface area (Å²) in [6, 6.07) is 11.2. The molecule has 0 saturated carbocycles. The number of halogens is 12. The molecule has 46 heavy (non-hydrogen) atoms. The number of rotatable bonds is 8.